The minimum absolute atomic E-state index is 0.116. The molecule has 1 rings (SSSR count). The van der Waals surface area contributed by atoms with Gasteiger partial charge in [-0.25, -0.2) is 13.1 Å². The van der Waals surface area contributed by atoms with Crippen LogP contribution >= 0.6 is 11.6 Å². The highest BCUT2D eigenvalue weighted by Crippen LogP contribution is 2.24. The quantitative estimate of drug-likeness (QED) is 0.752. The van der Waals surface area contributed by atoms with E-state index in [1.54, 1.807) is 0 Å². The van der Waals surface area contributed by atoms with E-state index in [4.69, 9.17) is 11.6 Å². The van der Waals surface area contributed by atoms with Crippen LogP contribution in [0.1, 0.15) is 45.4 Å². The molecular weight excluding hydrogens is 246 g/mol. The SMILES string of the molecule is CCC(CCl)NS(=O)(=O)CC1CCCCC1. The molecule has 0 heterocycles. The highest BCUT2D eigenvalue weighted by molar-refractivity contribution is 7.89. The molecule has 0 aromatic rings. The Hall–Kier alpha value is 0.200. The second kappa shape index (κ2) is 6.82. The zero-order valence-electron chi connectivity index (χ0n) is 9.91. The first-order valence-corrected chi connectivity index (χ1v) is 8.32. The van der Waals surface area contributed by atoms with Crippen molar-refractivity contribution in [2.75, 3.05) is 11.6 Å². The van der Waals surface area contributed by atoms with Crippen molar-refractivity contribution in [3.05, 3.63) is 0 Å². The van der Waals surface area contributed by atoms with Crippen molar-refractivity contribution in [3.63, 3.8) is 0 Å². The first-order chi connectivity index (χ1) is 7.57. The van der Waals surface area contributed by atoms with Gasteiger partial charge in [0, 0.05) is 11.9 Å². The zero-order chi connectivity index (χ0) is 12.0. The van der Waals surface area contributed by atoms with Crippen LogP contribution in [0.15, 0.2) is 0 Å². The van der Waals surface area contributed by atoms with Gasteiger partial charge in [0.25, 0.3) is 0 Å². The molecule has 1 aliphatic rings. The Labute approximate surface area is 104 Å². The zero-order valence-corrected chi connectivity index (χ0v) is 11.5. The number of nitrogens with one attached hydrogen (secondary N) is 1. The van der Waals surface area contributed by atoms with Gasteiger partial charge in [-0.2, -0.15) is 0 Å². The first-order valence-electron chi connectivity index (χ1n) is 6.13. The van der Waals surface area contributed by atoms with Crippen LogP contribution in [-0.2, 0) is 10.0 Å². The Morgan fingerprint density at radius 2 is 1.94 bits per heavy atom. The minimum atomic E-state index is -3.14. The Morgan fingerprint density at radius 1 is 1.31 bits per heavy atom. The van der Waals surface area contributed by atoms with Gasteiger partial charge in [-0.3, -0.25) is 0 Å². The van der Waals surface area contributed by atoms with Gasteiger partial charge in [0.1, 0.15) is 0 Å². The predicted molar refractivity (Wildman–Crippen MR) is 68.3 cm³/mol. The lowest BCUT2D eigenvalue weighted by Crippen LogP contribution is -2.39. The summed E-state index contributed by atoms with van der Waals surface area (Å²) in [7, 11) is -3.14. The maximum Gasteiger partial charge on any atom is 0.212 e. The Kier molecular flexibility index (Phi) is 6.08. The predicted octanol–water partition coefficient (Wildman–Crippen LogP) is 2.50. The molecule has 0 bridgehead atoms. The third kappa shape index (κ3) is 5.02. The van der Waals surface area contributed by atoms with Crippen molar-refractivity contribution < 1.29 is 8.42 Å². The molecule has 0 spiro atoms. The van der Waals surface area contributed by atoms with Gasteiger partial charge < -0.3 is 0 Å². The van der Waals surface area contributed by atoms with Gasteiger partial charge in [0.2, 0.25) is 10.0 Å². The standard InChI is InChI=1S/C11H22ClNO2S/c1-2-11(8-12)13-16(14,15)9-10-6-4-3-5-7-10/h10-11,13H,2-9H2,1H3. The molecule has 16 heavy (non-hydrogen) atoms. The van der Waals surface area contributed by atoms with Gasteiger partial charge in [-0.05, 0) is 25.2 Å². The Morgan fingerprint density at radius 3 is 2.44 bits per heavy atom. The van der Waals surface area contributed by atoms with Gasteiger partial charge in [0.15, 0.2) is 0 Å². The van der Waals surface area contributed by atoms with E-state index in [9.17, 15) is 8.42 Å². The van der Waals surface area contributed by atoms with Crippen LogP contribution in [0.5, 0.6) is 0 Å². The van der Waals surface area contributed by atoms with Gasteiger partial charge in [0.05, 0.1) is 5.75 Å². The summed E-state index contributed by atoms with van der Waals surface area (Å²) in [5.74, 6) is 0.972. The molecule has 96 valence electrons. The summed E-state index contributed by atoms with van der Waals surface area (Å²) in [6.45, 7) is 1.94. The van der Waals surface area contributed by atoms with Gasteiger partial charge >= 0.3 is 0 Å². The molecule has 1 aliphatic carbocycles. The molecular formula is C11H22ClNO2S. The van der Waals surface area contributed by atoms with E-state index in [-0.39, 0.29) is 11.8 Å². The van der Waals surface area contributed by atoms with Crippen molar-refractivity contribution in [1.29, 1.82) is 0 Å². The minimum Gasteiger partial charge on any atom is -0.212 e. The summed E-state index contributed by atoms with van der Waals surface area (Å²) in [6.07, 6.45) is 6.45. The van der Waals surface area contributed by atoms with Crippen LogP contribution in [0.25, 0.3) is 0 Å². The summed E-state index contributed by atoms with van der Waals surface area (Å²) in [5.41, 5.74) is 0. The molecule has 0 amide bonds. The van der Waals surface area contributed by atoms with Crippen LogP contribution in [0.2, 0.25) is 0 Å². The van der Waals surface area contributed by atoms with Crippen molar-refractivity contribution in [3.8, 4) is 0 Å². The largest absolute Gasteiger partial charge is 0.212 e. The second-order valence-electron chi connectivity index (χ2n) is 4.66. The molecule has 1 unspecified atom stereocenters. The summed E-state index contributed by atoms with van der Waals surface area (Å²) in [6, 6.07) is -0.116. The molecule has 0 saturated heterocycles. The molecule has 0 radical (unpaired) electrons. The van der Waals surface area contributed by atoms with Crippen LogP contribution in [0, 0.1) is 5.92 Å². The number of hydrogen-bond donors (Lipinski definition) is 1. The maximum atomic E-state index is 11.9. The van der Waals surface area contributed by atoms with Crippen molar-refractivity contribution in [2.24, 2.45) is 5.92 Å². The topological polar surface area (TPSA) is 46.2 Å². The number of sulfonamides is 1. The summed E-state index contributed by atoms with van der Waals surface area (Å²) < 4.78 is 26.4. The van der Waals surface area contributed by atoms with Gasteiger partial charge in [-0.1, -0.05) is 26.2 Å². The van der Waals surface area contributed by atoms with Crippen LogP contribution in [0.3, 0.4) is 0 Å². The van der Waals surface area contributed by atoms with E-state index in [0.29, 0.717) is 11.8 Å². The first kappa shape index (κ1) is 14.3. The fraction of sp³-hybridized carbons (Fsp3) is 1.00. The summed E-state index contributed by atoms with van der Waals surface area (Å²) in [4.78, 5) is 0. The molecule has 3 nitrogen and oxygen atoms in total. The normalized spacial score (nSPS) is 20.9. The fourth-order valence-electron chi connectivity index (χ4n) is 2.19. The number of alkyl halides is 1. The van der Waals surface area contributed by atoms with E-state index in [1.165, 1.54) is 19.3 Å². The van der Waals surface area contributed by atoms with Crippen LogP contribution in [0.4, 0.5) is 0 Å². The Bertz CT molecular complexity index is 282. The highest BCUT2D eigenvalue weighted by Gasteiger charge is 2.22. The number of halogens is 1. The third-order valence-corrected chi connectivity index (χ3v) is 5.18. The van der Waals surface area contributed by atoms with Crippen LogP contribution in [-0.4, -0.2) is 26.1 Å². The Balaban J connectivity index is 2.43. The van der Waals surface area contributed by atoms with E-state index in [0.717, 1.165) is 19.3 Å². The fourth-order valence-corrected chi connectivity index (χ4v) is 4.38. The third-order valence-electron chi connectivity index (χ3n) is 3.21. The van der Waals surface area contributed by atoms with E-state index >= 15 is 0 Å². The van der Waals surface area contributed by atoms with Gasteiger partial charge in [-0.15, -0.1) is 11.6 Å². The number of rotatable bonds is 6. The molecule has 0 aromatic heterocycles. The smallest absolute Gasteiger partial charge is 0.212 e. The summed E-state index contributed by atoms with van der Waals surface area (Å²) in [5, 5.41) is 0. The average molecular weight is 268 g/mol. The maximum absolute atomic E-state index is 11.9. The molecule has 1 atom stereocenters. The monoisotopic (exact) mass is 267 g/mol. The lowest BCUT2D eigenvalue weighted by Gasteiger charge is -2.22. The molecule has 0 aromatic carbocycles. The average Bonchev–Trinajstić information content (AvgIpc) is 2.26. The van der Waals surface area contributed by atoms with Crippen molar-refractivity contribution >= 4 is 21.6 Å². The molecule has 5 heteroatoms. The van der Waals surface area contributed by atoms with E-state index in [2.05, 4.69) is 4.72 Å². The second-order valence-corrected chi connectivity index (χ2v) is 6.77. The van der Waals surface area contributed by atoms with E-state index in [1.807, 2.05) is 6.92 Å². The molecule has 1 fully saturated rings. The lowest BCUT2D eigenvalue weighted by molar-refractivity contribution is 0.383. The van der Waals surface area contributed by atoms with Crippen molar-refractivity contribution in [2.45, 2.75) is 51.5 Å². The lowest BCUT2D eigenvalue weighted by atomic mass is 9.91. The summed E-state index contributed by atoms with van der Waals surface area (Å²) >= 11 is 5.69. The van der Waals surface area contributed by atoms with Crippen molar-refractivity contribution in [1.82, 2.24) is 4.72 Å². The highest BCUT2D eigenvalue weighted by atomic mass is 35.5. The number of hydrogen-bond acceptors (Lipinski definition) is 2. The molecule has 1 saturated carbocycles. The molecule has 0 aliphatic heterocycles. The molecule has 1 N–H and O–H groups in total. The van der Waals surface area contributed by atoms with E-state index < -0.39 is 10.0 Å². The van der Waals surface area contributed by atoms with Crippen LogP contribution < -0.4 is 4.72 Å².